The van der Waals surface area contributed by atoms with Crippen LogP contribution in [0.15, 0.2) is 18.2 Å². The monoisotopic (exact) mass is 329 g/mol. The van der Waals surface area contributed by atoms with E-state index in [-0.39, 0.29) is 23.9 Å². The summed E-state index contributed by atoms with van der Waals surface area (Å²) in [6.45, 7) is 4.21. The highest BCUT2D eigenvalue weighted by molar-refractivity contribution is 5.96. The van der Waals surface area contributed by atoms with Gasteiger partial charge >= 0.3 is 6.03 Å². The van der Waals surface area contributed by atoms with E-state index in [4.69, 9.17) is 0 Å². The summed E-state index contributed by atoms with van der Waals surface area (Å²) in [4.78, 5) is 24.1. The maximum atomic E-state index is 12.3. The lowest BCUT2D eigenvalue weighted by atomic mass is 9.87. The van der Waals surface area contributed by atoms with Crippen LogP contribution >= 0.6 is 0 Å². The molecule has 2 aliphatic rings. The van der Waals surface area contributed by atoms with Gasteiger partial charge in [-0.05, 0) is 69.1 Å². The highest BCUT2D eigenvalue weighted by Gasteiger charge is 2.29. The van der Waals surface area contributed by atoms with Crippen LogP contribution in [0.2, 0.25) is 0 Å². The van der Waals surface area contributed by atoms with Crippen molar-refractivity contribution < 1.29 is 9.59 Å². The maximum Gasteiger partial charge on any atom is 0.319 e. The van der Waals surface area contributed by atoms with Gasteiger partial charge in [0.05, 0.1) is 0 Å². The third kappa shape index (κ3) is 4.49. The van der Waals surface area contributed by atoms with Gasteiger partial charge in [-0.25, -0.2) is 4.79 Å². The summed E-state index contributed by atoms with van der Waals surface area (Å²) >= 11 is 0. The van der Waals surface area contributed by atoms with Gasteiger partial charge in [-0.1, -0.05) is 13.0 Å². The SMILES string of the molecule is Cc1ccc(NC(=O)C2CC2)cc1NC(=O)NC1CCC(C)CC1. The molecule has 5 heteroatoms. The Hall–Kier alpha value is -2.04. The average molecular weight is 329 g/mol. The van der Waals surface area contributed by atoms with Crippen molar-refractivity contribution in [2.24, 2.45) is 11.8 Å². The number of nitrogens with one attached hydrogen (secondary N) is 3. The number of anilines is 2. The maximum absolute atomic E-state index is 12.3. The van der Waals surface area contributed by atoms with Gasteiger partial charge in [0.15, 0.2) is 0 Å². The average Bonchev–Trinajstić information content (AvgIpc) is 3.38. The Morgan fingerprint density at radius 1 is 1.00 bits per heavy atom. The number of benzene rings is 1. The van der Waals surface area contributed by atoms with Gasteiger partial charge in [0, 0.05) is 23.3 Å². The first-order valence-corrected chi connectivity index (χ1v) is 9.00. The van der Waals surface area contributed by atoms with Gasteiger partial charge in [-0.3, -0.25) is 4.79 Å². The third-order valence-corrected chi connectivity index (χ3v) is 5.05. The third-order valence-electron chi connectivity index (χ3n) is 5.05. The lowest BCUT2D eigenvalue weighted by Crippen LogP contribution is -2.40. The predicted octanol–water partition coefficient (Wildman–Crippen LogP) is 4.04. The van der Waals surface area contributed by atoms with Crippen LogP contribution in [0, 0.1) is 18.8 Å². The molecule has 0 aliphatic heterocycles. The first-order valence-electron chi connectivity index (χ1n) is 9.00. The summed E-state index contributed by atoms with van der Waals surface area (Å²) in [6.07, 6.45) is 6.39. The standard InChI is InChI=1S/C19H27N3O2/c1-12-3-8-15(9-4-12)21-19(24)22-17-11-16(10-5-13(17)2)20-18(23)14-6-7-14/h5,10-12,14-15H,3-4,6-9H2,1-2H3,(H,20,23)(H2,21,22,24). The fourth-order valence-corrected chi connectivity index (χ4v) is 3.17. The van der Waals surface area contributed by atoms with E-state index in [0.717, 1.165) is 48.5 Å². The molecule has 0 bridgehead atoms. The van der Waals surface area contributed by atoms with Crippen LogP contribution in [0.5, 0.6) is 0 Å². The minimum absolute atomic E-state index is 0.0746. The van der Waals surface area contributed by atoms with E-state index in [1.807, 2.05) is 25.1 Å². The Morgan fingerprint density at radius 2 is 1.71 bits per heavy atom. The molecule has 1 aromatic rings. The van der Waals surface area contributed by atoms with Crippen molar-refractivity contribution in [1.82, 2.24) is 5.32 Å². The fraction of sp³-hybridized carbons (Fsp3) is 0.579. The lowest BCUT2D eigenvalue weighted by molar-refractivity contribution is -0.117. The molecule has 0 heterocycles. The summed E-state index contributed by atoms with van der Waals surface area (Å²) in [5.41, 5.74) is 2.46. The van der Waals surface area contributed by atoms with Crippen molar-refractivity contribution in [3.63, 3.8) is 0 Å². The van der Waals surface area contributed by atoms with Crippen LogP contribution in [-0.2, 0) is 4.79 Å². The molecular formula is C19H27N3O2. The number of hydrogen-bond acceptors (Lipinski definition) is 2. The molecule has 5 nitrogen and oxygen atoms in total. The molecule has 0 atom stereocenters. The van der Waals surface area contributed by atoms with E-state index in [1.165, 1.54) is 12.8 Å². The van der Waals surface area contributed by atoms with Crippen LogP contribution in [-0.4, -0.2) is 18.0 Å². The molecular weight excluding hydrogens is 302 g/mol. The zero-order valence-electron chi connectivity index (χ0n) is 14.5. The molecule has 0 saturated heterocycles. The number of rotatable bonds is 4. The van der Waals surface area contributed by atoms with Gasteiger partial charge in [0.1, 0.15) is 0 Å². The molecule has 0 radical (unpaired) electrons. The minimum Gasteiger partial charge on any atom is -0.335 e. The van der Waals surface area contributed by atoms with Crippen LogP contribution in [0.1, 0.15) is 51.0 Å². The summed E-state index contributed by atoms with van der Waals surface area (Å²) in [6, 6.07) is 5.72. The van der Waals surface area contributed by atoms with Crippen molar-refractivity contribution in [3.05, 3.63) is 23.8 Å². The topological polar surface area (TPSA) is 70.2 Å². The molecule has 3 amide bonds. The molecule has 0 aromatic heterocycles. The molecule has 1 aromatic carbocycles. The van der Waals surface area contributed by atoms with E-state index >= 15 is 0 Å². The van der Waals surface area contributed by atoms with Crippen molar-refractivity contribution in [2.75, 3.05) is 10.6 Å². The quantitative estimate of drug-likeness (QED) is 0.780. The zero-order valence-corrected chi connectivity index (χ0v) is 14.5. The zero-order chi connectivity index (χ0) is 17.1. The highest BCUT2D eigenvalue weighted by Crippen LogP contribution is 2.31. The second-order valence-corrected chi connectivity index (χ2v) is 7.35. The Bertz CT molecular complexity index is 617. The number of aryl methyl sites for hydroxylation is 1. The highest BCUT2D eigenvalue weighted by atomic mass is 16.2. The second-order valence-electron chi connectivity index (χ2n) is 7.35. The second kappa shape index (κ2) is 7.24. The normalized spacial score (nSPS) is 23.4. The van der Waals surface area contributed by atoms with E-state index in [2.05, 4.69) is 22.9 Å². The van der Waals surface area contributed by atoms with Crippen molar-refractivity contribution in [2.45, 2.75) is 58.4 Å². The molecule has 2 aliphatic carbocycles. The van der Waals surface area contributed by atoms with E-state index < -0.39 is 0 Å². The molecule has 0 unspecified atom stereocenters. The number of carbonyl (C=O) groups is 2. The van der Waals surface area contributed by atoms with E-state index in [9.17, 15) is 9.59 Å². The summed E-state index contributed by atoms with van der Waals surface area (Å²) in [7, 11) is 0. The van der Waals surface area contributed by atoms with E-state index in [1.54, 1.807) is 0 Å². The van der Waals surface area contributed by atoms with Gasteiger partial charge < -0.3 is 16.0 Å². The van der Waals surface area contributed by atoms with Crippen molar-refractivity contribution in [1.29, 1.82) is 0 Å². The first-order chi connectivity index (χ1) is 11.5. The predicted molar refractivity (Wildman–Crippen MR) is 96.1 cm³/mol. The van der Waals surface area contributed by atoms with Gasteiger partial charge in [-0.15, -0.1) is 0 Å². The van der Waals surface area contributed by atoms with Crippen LogP contribution in [0.4, 0.5) is 16.2 Å². The van der Waals surface area contributed by atoms with Crippen molar-refractivity contribution in [3.8, 4) is 0 Å². The molecule has 2 fully saturated rings. The Balaban J connectivity index is 1.56. The summed E-state index contributed by atoms with van der Waals surface area (Å²) in [5, 5.41) is 8.91. The van der Waals surface area contributed by atoms with Crippen LogP contribution in [0.25, 0.3) is 0 Å². The molecule has 3 N–H and O–H groups in total. The van der Waals surface area contributed by atoms with E-state index in [0.29, 0.717) is 0 Å². The van der Waals surface area contributed by atoms with Gasteiger partial charge in [0.2, 0.25) is 5.91 Å². The van der Waals surface area contributed by atoms with Gasteiger partial charge in [0.25, 0.3) is 0 Å². The van der Waals surface area contributed by atoms with Crippen LogP contribution < -0.4 is 16.0 Å². The number of carbonyl (C=O) groups excluding carboxylic acids is 2. The fourth-order valence-electron chi connectivity index (χ4n) is 3.17. The number of hydrogen-bond donors (Lipinski definition) is 3. The molecule has 3 rings (SSSR count). The first kappa shape index (κ1) is 16.8. The number of amides is 3. The molecule has 130 valence electrons. The summed E-state index contributed by atoms with van der Waals surface area (Å²) in [5.74, 6) is 1.01. The largest absolute Gasteiger partial charge is 0.335 e. The smallest absolute Gasteiger partial charge is 0.319 e. The Kier molecular flexibility index (Phi) is 5.07. The van der Waals surface area contributed by atoms with Crippen LogP contribution in [0.3, 0.4) is 0 Å². The Labute approximate surface area is 143 Å². The number of urea groups is 1. The molecule has 24 heavy (non-hydrogen) atoms. The van der Waals surface area contributed by atoms with Crippen molar-refractivity contribution >= 4 is 23.3 Å². The summed E-state index contributed by atoms with van der Waals surface area (Å²) < 4.78 is 0. The Morgan fingerprint density at radius 3 is 2.38 bits per heavy atom. The lowest BCUT2D eigenvalue weighted by Gasteiger charge is -2.27. The molecule has 2 saturated carbocycles. The molecule has 0 spiro atoms. The van der Waals surface area contributed by atoms with Gasteiger partial charge in [-0.2, -0.15) is 0 Å². The minimum atomic E-state index is -0.164.